The Kier molecular flexibility index (Phi) is 10.8. The predicted molar refractivity (Wildman–Crippen MR) is 90.6 cm³/mol. The number of carbonyl (C=O) groups is 1. The molecule has 21 heavy (non-hydrogen) atoms. The number of aliphatic carboxylic acids is 1. The molecule has 1 rings (SSSR count). The van der Waals surface area contributed by atoms with Gasteiger partial charge >= 0.3 is 5.97 Å². The fraction of sp³-hybridized carbons (Fsp3) is 0.562. The fourth-order valence-corrected chi connectivity index (χ4v) is 1.92. The van der Waals surface area contributed by atoms with E-state index in [1.165, 1.54) is 5.56 Å². The summed E-state index contributed by atoms with van der Waals surface area (Å²) in [4.78, 5) is 10.3. The molecular formula is C16H27NO3S. The highest BCUT2D eigenvalue weighted by molar-refractivity contribution is 7.59. The quantitative estimate of drug-likeness (QED) is 0.652. The summed E-state index contributed by atoms with van der Waals surface area (Å²) >= 11 is 0. The lowest BCUT2D eigenvalue weighted by Gasteiger charge is -2.11. The van der Waals surface area contributed by atoms with Crippen LogP contribution in [0.3, 0.4) is 0 Å². The topological polar surface area (TPSA) is 58.6 Å². The lowest BCUT2D eigenvalue weighted by molar-refractivity contribution is -0.137. The van der Waals surface area contributed by atoms with Gasteiger partial charge in [-0.25, -0.2) is 0 Å². The van der Waals surface area contributed by atoms with Crippen molar-refractivity contribution in [3.8, 4) is 5.75 Å². The first kappa shape index (κ1) is 19.8. The monoisotopic (exact) mass is 313 g/mol. The Hall–Kier alpha value is -1.20. The van der Waals surface area contributed by atoms with Gasteiger partial charge in [0.05, 0.1) is 6.61 Å². The van der Waals surface area contributed by atoms with E-state index in [0.717, 1.165) is 31.4 Å². The number of carboxylic acids is 1. The zero-order valence-corrected chi connectivity index (χ0v) is 13.9. The summed E-state index contributed by atoms with van der Waals surface area (Å²) in [5.41, 5.74) is 1.29. The van der Waals surface area contributed by atoms with E-state index in [2.05, 4.69) is 24.4 Å². The average Bonchev–Trinajstić information content (AvgIpc) is 2.44. The van der Waals surface area contributed by atoms with Gasteiger partial charge in [-0.05, 0) is 57.4 Å². The van der Waals surface area contributed by atoms with E-state index in [1.54, 1.807) is 0 Å². The van der Waals surface area contributed by atoms with Gasteiger partial charge in [0.15, 0.2) is 0 Å². The number of nitrogens with one attached hydrogen (secondary N) is 1. The van der Waals surface area contributed by atoms with Gasteiger partial charge in [0, 0.05) is 12.5 Å². The second kappa shape index (κ2) is 11.5. The Morgan fingerprint density at radius 1 is 1.24 bits per heavy atom. The van der Waals surface area contributed by atoms with Crippen molar-refractivity contribution >= 4 is 19.5 Å². The van der Waals surface area contributed by atoms with E-state index in [0.29, 0.717) is 12.6 Å². The van der Waals surface area contributed by atoms with Crippen LogP contribution in [-0.4, -0.2) is 30.8 Å². The molecule has 5 heteroatoms. The van der Waals surface area contributed by atoms with Crippen molar-refractivity contribution in [2.45, 2.75) is 45.1 Å². The van der Waals surface area contributed by atoms with Crippen LogP contribution in [-0.2, 0) is 11.2 Å². The van der Waals surface area contributed by atoms with Gasteiger partial charge in [0.2, 0.25) is 0 Å². The molecule has 0 bridgehead atoms. The molecule has 1 aromatic carbocycles. The second-order valence-electron chi connectivity index (χ2n) is 5.09. The van der Waals surface area contributed by atoms with Gasteiger partial charge in [0.25, 0.3) is 0 Å². The van der Waals surface area contributed by atoms with Crippen molar-refractivity contribution in [1.29, 1.82) is 0 Å². The number of hydrogen-bond acceptors (Lipinski definition) is 3. The Bertz CT molecular complexity index is 395. The molecule has 0 saturated heterocycles. The van der Waals surface area contributed by atoms with Crippen LogP contribution in [0.25, 0.3) is 0 Å². The van der Waals surface area contributed by atoms with Crippen LogP contribution < -0.4 is 10.1 Å². The zero-order chi connectivity index (χ0) is 14.8. The van der Waals surface area contributed by atoms with Gasteiger partial charge in [-0.15, -0.1) is 0 Å². The summed E-state index contributed by atoms with van der Waals surface area (Å²) in [6, 6.07) is 8.64. The highest BCUT2D eigenvalue weighted by Gasteiger charge is 2.01. The normalized spacial score (nSPS) is 11.5. The number of hydrogen-bond donors (Lipinski definition) is 2. The van der Waals surface area contributed by atoms with Crippen LogP contribution in [0.2, 0.25) is 0 Å². The maximum absolute atomic E-state index is 10.3. The van der Waals surface area contributed by atoms with Gasteiger partial charge < -0.3 is 15.2 Å². The van der Waals surface area contributed by atoms with Crippen LogP contribution in [0.5, 0.6) is 5.75 Å². The van der Waals surface area contributed by atoms with E-state index >= 15 is 0 Å². The van der Waals surface area contributed by atoms with Crippen molar-refractivity contribution in [1.82, 2.24) is 5.32 Å². The highest BCUT2D eigenvalue weighted by Crippen LogP contribution is 2.14. The molecule has 2 N–H and O–H groups in total. The Labute approximate surface area is 134 Å². The van der Waals surface area contributed by atoms with Crippen LogP contribution in [0.15, 0.2) is 24.3 Å². The van der Waals surface area contributed by atoms with Crippen molar-refractivity contribution in [3.63, 3.8) is 0 Å². The lowest BCUT2D eigenvalue weighted by Crippen LogP contribution is -2.23. The molecule has 0 aliphatic heterocycles. The largest absolute Gasteiger partial charge is 0.494 e. The van der Waals surface area contributed by atoms with Crippen LogP contribution in [0.1, 0.15) is 38.2 Å². The Morgan fingerprint density at radius 3 is 2.48 bits per heavy atom. The molecule has 1 aromatic rings. The molecule has 120 valence electrons. The lowest BCUT2D eigenvalue weighted by atomic mass is 10.1. The maximum atomic E-state index is 10.3. The number of benzene rings is 1. The van der Waals surface area contributed by atoms with E-state index in [9.17, 15) is 4.79 Å². The summed E-state index contributed by atoms with van der Waals surface area (Å²) in [5.74, 6) is 0.154. The van der Waals surface area contributed by atoms with E-state index < -0.39 is 5.97 Å². The summed E-state index contributed by atoms with van der Waals surface area (Å²) in [7, 11) is 1.96. The number of rotatable bonds is 10. The molecule has 0 spiro atoms. The fourth-order valence-electron chi connectivity index (χ4n) is 1.92. The molecule has 0 unspecified atom stereocenters. The first-order valence-electron chi connectivity index (χ1n) is 7.22. The van der Waals surface area contributed by atoms with Crippen molar-refractivity contribution in [2.75, 3.05) is 13.7 Å². The highest BCUT2D eigenvalue weighted by atomic mass is 32.1. The predicted octanol–water partition coefficient (Wildman–Crippen LogP) is 2.97. The van der Waals surface area contributed by atoms with Crippen LogP contribution in [0, 0.1) is 0 Å². The SMILES string of the molecule is CN[C@H](C)Cc1ccc(OCCCCCC(=O)O)cc1.S. The molecule has 1 atom stereocenters. The van der Waals surface area contributed by atoms with Gasteiger partial charge in [-0.1, -0.05) is 12.1 Å². The van der Waals surface area contributed by atoms with Gasteiger partial charge in [-0.3, -0.25) is 4.79 Å². The Balaban J connectivity index is 0.00000400. The molecule has 0 aliphatic rings. The summed E-state index contributed by atoms with van der Waals surface area (Å²) < 4.78 is 5.64. The number of likely N-dealkylation sites (N-methyl/N-ethyl adjacent to an activating group) is 1. The standard InChI is InChI=1S/C16H25NO3.H2S/c1-13(17-2)12-14-7-9-15(10-8-14)20-11-5-3-4-6-16(18)19;/h7-10,13,17H,3-6,11-12H2,1-2H3,(H,18,19);1H2/t13-;/m1./s1. The van der Waals surface area contributed by atoms with Gasteiger partial charge in [0.1, 0.15) is 5.75 Å². The number of carboxylic acid groups (broad SMARTS) is 1. The third-order valence-electron chi connectivity index (χ3n) is 3.26. The third-order valence-corrected chi connectivity index (χ3v) is 3.26. The molecule has 4 nitrogen and oxygen atoms in total. The number of unbranched alkanes of at least 4 members (excludes halogenated alkanes) is 2. The maximum Gasteiger partial charge on any atom is 0.303 e. The summed E-state index contributed by atoms with van der Waals surface area (Å²) in [6.07, 6.45) is 3.76. The molecule has 0 fully saturated rings. The van der Waals surface area contributed by atoms with E-state index in [1.807, 2.05) is 19.2 Å². The van der Waals surface area contributed by atoms with Crippen LogP contribution >= 0.6 is 13.5 Å². The minimum atomic E-state index is -0.725. The first-order chi connectivity index (χ1) is 9.61. The first-order valence-corrected chi connectivity index (χ1v) is 7.22. The second-order valence-corrected chi connectivity index (χ2v) is 5.09. The molecule has 0 saturated carbocycles. The third kappa shape index (κ3) is 9.37. The van der Waals surface area contributed by atoms with E-state index in [-0.39, 0.29) is 19.9 Å². The van der Waals surface area contributed by atoms with Crippen molar-refractivity contribution in [3.05, 3.63) is 29.8 Å². The van der Waals surface area contributed by atoms with Crippen LogP contribution in [0.4, 0.5) is 0 Å². The summed E-state index contributed by atoms with van der Waals surface area (Å²) in [5, 5.41) is 11.7. The molecule has 0 heterocycles. The molecular weight excluding hydrogens is 286 g/mol. The Morgan fingerprint density at radius 2 is 1.90 bits per heavy atom. The minimum Gasteiger partial charge on any atom is -0.494 e. The molecule has 0 aliphatic carbocycles. The van der Waals surface area contributed by atoms with Crippen molar-refractivity contribution < 1.29 is 14.6 Å². The smallest absolute Gasteiger partial charge is 0.303 e. The van der Waals surface area contributed by atoms with E-state index in [4.69, 9.17) is 9.84 Å². The summed E-state index contributed by atoms with van der Waals surface area (Å²) in [6.45, 7) is 2.80. The minimum absolute atomic E-state index is 0. The van der Waals surface area contributed by atoms with Crippen molar-refractivity contribution in [2.24, 2.45) is 0 Å². The molecule has 0 amide bonds. The molecule has 0 radical (unpaired) electrons. The average molecular weight is 313 g/mol. The number of ether oxygens (including phenoxy) is 1. The van der Waals surface area contributed by atoms with Gasteiger partial charge in [-0.2, -0.15) is 13.5 Å². The zero-order valence-electron chi connectivity index (χ0n) is 12.9. The molecule has 0 aromatic heterocycles.